The van der Waals surface area contributed by atoms with Gasteiger partial charge in [0.2, 0.25) is 0 Å². The number of rotatable bonds is 6. The molecule has 0 spiro atoms. The van der Waals surface area contributed by atoms with Crippen LogP contribution in [-0.4, -0.2) is 17.9 Å². The Morgan fingerprint density at radius 3 is 2.06 bits per heavy atom. The Morgan fingerprint density at radius 1 is 0.875 bits per heavy atom. The predicted octanol–water partition coefficient (Wildman–Crippen LogP) is 6.30. The minimum Gasteiger partial charge on any atom is -0.481 e. The highest BCUT2D eigenvalue weighted by Crippen LogP contribution is 2.23. The molecule has 32 heavy (non-hydrogen) atoms. The van der Waals surface area contributed by atoms with E-state index in [-0.39, 0.29) is 17.2 Å². The van der Waals surface area contributed by atoms with Crippen LogP contribution in [0, 0.1) is 0 Å². The molecule has 6 heteroatoms. The lowest BCUT2D eigenvalue weighted by molar-refractivity contribution is -0.122. The van der Waals surface area contributed by atoms with E-state index in [4.69, 9.17) is 16.3 Å². The largest absolute Gasteiger partial charge is 0.481 e. The number of halogens is 1. The molecule has 1 atom stereocenters. The van der Waals surface area contributed by atoms with E-state index >= 15 is 0 Å². The first kappa shape index (κ1) is 23.4. The van der Waals surface area contributed by atoms with Crippen LogP contribution in [0.25, 0.3) is 0 Å². The van der Waals surface area contributed by atoms with Crippen molar-refractivity contribution in [3.8, 4) is 5.75 Å². The van der Waals surface area contributed by atoms with E-state index in [0.717, 1.165) is 5.56 Å². The zero-order valence-corrected chi connectivity index (χ0v) is 19.4. The van der Waals surface area contributed by atoms with E-state index in [9.17, 15) is 9.59 Å². The van der Waals surface area contributed by atoms with E-state index in [2.05, 4.69) is 31.4 Å². The molecular weight excluding hydrogens is 424 g/mol. The van der Waals surface area contributed by atoms with Crippen molar-refractivity contribution in [3.63, 3.8) is 0 Å². The third-order valence-corrected chi connectivity index (χ3v) is 5.15. The number of hydrogen-bond acceptors (Lipinski definition) is 3. The first-order valence-electron chi connectivity index (χ1n) is 10.4. The van der Waals surface area contributed by atoms with Crippen molar-refractivity contribution in [1.29, 1.82) is 0 Å². The van der Waals surface area contributed by atoms with Gasteiger partial charge in [0.1, 0.15) is 5.75 Å². The Hall–Kier alpha value is -3.31. The molecule has 0 aliphatic heterocycles. The third kappa shape index (κ3) is 6.34. The normalized spacial score (nSPS) is 12.0. The van der Waals surface area contributed by atoms with Crippen LogP contribution in [0.5, 0.6) is 5.75 Å². The van der Waals surface area contributed by atoms with Crippen LogP contribution >= 0.6 is 11.6 Å². The average molecular weight is 451 g/mol. The van der Waals surface area contributed by atoms with Gasteiger partial charge in [0.25, 0.3) is 11.8 Å². The van der Waals surface area contributed by atoms with Crippen molar-refractivity contribution in [2.45, 2.75) is 39.2 Å². The van der Waals surface area contributed by atoms with Crippen LogP contribution in [0.4, 0.5) is 11.4 Å². The quantitative estimate of drug-likeness (QED) is 0.463. The van der Waals surface area contributed by atoms with Gasteiger partial charge in [-0.15, -0.1) is 0 Å². The molecule has 2 amide bonds. The molecule has 3 aromatic rings. The van der Waals surface area contributed by atoms with Gasteiger partial charge >= 0.3 is 0 Å². The van der Waals surface area contributed by atoms with Crippen molar-refractivity contribution in [1.82, 2.24) is 0 Å². The maximum atomic E-state index is 12.6. The molecule has 0 heterocycles. The zero-order chi connectivity index (χ0) is 23.3. The number of benzene rings is 3. The highest BCUT2D eigenvalue weighted by molar-refractivity contribution is 6.30. The van der Waals surface area contributed by atoms with E-state index in [1.807, 2.05) is 24.3 Å². The Balaban J connectivity index is 1.61. The lowest BCUT2D eigenvalue weighted by atomic mass is 9.87. The fourth-order valence-electron chi connectivity index (χ4n) is 3.01. The van der Waals surface area contributed by atoms with Crippen molar-refractivity contribution in [2.24, 2.45) is 0 Å². The van der Waals surface area contributed by atoms with Gasteiger partial charge in [-0.3, -0.25) is 9.59 Å². The Morgan fingerprint density at radius 2 is 1.47 bits per heavy atom. The minimum absolute atomic E-state index is 0.0238. The Bertz CT molecular complexity index is 1090. The molecule has 0 fully saturated rings. The van der Waals surface area contributed by atoms with E-state index in [1.54, 1.807) is 55.5 Å². The molecule has 0 aliphatic rings. The van der Waals surface area contributed by atoms with Gasteiger partial charge in [-0.1, -0.05) is 50.6 Å². The molecule has 3 rings (SSSR count). The van der Waals surface area contributed by atoms with E-state index in [0.29, 0.717) is 27.7 Å². The summed E-state index contributed by atoms with van der Waals surface area (Å²) in [7, 11) is 0. The monoisotopic (exact) mass is 450 g/mol. The molecule has 0 bridgehead atoms. The molecule has 3 aromatic carbocycles. The van der Waals surface area contributed by atoms with Crippen LogP contribution in [0.1, 0.15) is 43.6 Å². The van der Waals surface area contributed by atoms with E-state index < -0.39 is 6.10 Å². The maximum absolute atomic E-state index is 12.6. The summed E-state index contributed by atoms with van der Waals surface area (Å²) in [4.78, 5) is 25.1. The maximum Gasteiger partial charge on any atom is 0.265 e. The molecule has 5 nitrogen and oxygen atoms in total. The van der Waals surface area contributed by atoms with Crippen LogP contribution in [0.3, 0.4) is 0 Å². The standard InChI is InChI=1S/C26H27ClN2O3/c1-17(32-23-14-12-20(27)13-15-23)24(30)28-21-6-5-7-22(16-21)29-25(31)18-8-10-19(11-9-18)26(2,3)4/h5-17H,1-4H3,(H,28,30)(H,29,31)/t17-/m1/s1. The van der Waals surface area contributed by atoms with Gasteiger partial charge in [0, 0.05) is 22.0 Å². The molecular formula is C26H27ClN2O3. The van der Waals surface area contributed by atoms with Crippen molar-refractivity contribution in [3.05, 3.63) is 88.9 Å². The molecule has 0 aliphatic carbocycles. The second-order valence-electron chi connectivity index (χ2n) is 8.57. The van der Waals surface area contributed by atoms with Gasteiger partial charge in [-0.05, 0) is 72.5 Å². The van der Waals surface area contributed by atoms with Crippen molar-refractivity contribution in [2.75, 3.05) is 10.6 Å². The first-order chi connectivity index (χ1) is 15.1. The number of hydrogen-bond donors (Lipinski definition) is 2. The van der Waals surface area contributed by atoms with Gasteiger partial charge in [-0.2, -0.15) is 0 Å². The summed E-state index contributed by atoms with van der Waals surface area (Å²) in [6.45, 7) is 8.05. The van der Waals surface area contributed by atoms with Gasteiger partial charge in [-0.25, -0.2) is 0 Å². The number of amides is 2. The lowest BCUT2D eigenvalue weighted by Gasteiger charge is -2.19. The summed E-state index contributed by atoms with van der Waals surface area (Å²) >= 11 is 5.87. The van der Waals surface area contributed by atoms with Gasteiger partial charge < -0.3 is 15.4 Å². The molecule has 0 saturated heterocycles. The Kier molecular flexibility index (Phi) is 7.21. The first-order valence-corrected chi connectivity index (χ1v) is 10.7. The minimum atomic E-state index is -0.712. The van der Waals surface area contributed by atoms with Crippen LogP contribution in [-0.2, 0) is 10.2 Å². The fraction of sp³-hybridized carbons (Fsp3) is 0.231. The predicted molar refractivity (Wildman–Crippen MR) is 130 cm³/mol. The number of carbonyl (C=O) groups excluding carboxylic acids is 2. The van der Waals surface area contributed by atoms with Crippen LogP contribution in [0.15, 0.2) is 72.8 Å². The molecule has 0 aromatic heterocycles. The summed E-state index contributed by atoms with van der Waals surface area (Å²) in [6.07, 6.45) is -0.712. The highest BCUT2D eigenvalue weighted by Gasteiger charge is 2.16. The summed E-state index contributed by atoms with van der Waals surface area (Å²) in [5.41, 5.74) is 2.89. The fourth-order valence-corrected chi connectivity index (χ4v) is 3.14. The van der Waals surface area contributed by atoms with Gasteiger partial charge in [0.05, 0.1) is 0 Å². The number of anilines is 2. The molecule has 0 saturated carbocycles. The van der Waals surface area contributed by atoms with Crippen molar-refractivity contribution < 1.29 is 14.3 Å². The van der Waals surface area contributed by atoms with Crippen LogP contribution in [0.2, 0.25) is 5.02 Å². The summed E-state index contributed by atoms with van der Waals surface area (Å²) in [5.74, 6) is 0.0325. The topological polar surface area (TPSA) is 67.4 Å². The summed E-state index contributed by atoms with van der Waals surface area (Å²) < 4.78 is 5.65. The number of nitrogens with one attached hydrogen (secondary N) is 2. The van der Waals surface area contributed by atoms with Crippen LogP contribution < -0.4 is 15.4 Å². The molecule has 2 N–H and O–H groups in total. The molecule has 0 unspecified atom stereocenters. The number of carbonyl (C=O) groups is 2. The molecule has 166 valence electrons. The van der Waals surface area contributed by atoms with E-state index in [1.165, 1.54) is 0 Å². The summed E-state index contributed by atoms with van der Waals surface area (Å²) in [5, 5.41) is 6.28. The number of ether oxygens (including phenoxy) is 1. The SMILES string of the molecule is C[C@@H](Oc1ccc(Cl)cc1)C(=O)Nc1cccc(NC(=O)c2ccc(C(C)(C)C)cc2)c1. The average Bonchev–Trinajstić information content (AvgIpc) is 2.75. The smallest absolute Gasteiger partial charge is 0.265 e. The third-order valence-electron chi connectivity index (χ3n) is 4.90. The second-order valence-corrected chi connectivity index (χ2v) is 9.00. The highest BCUT2D eigenvalue weighted by atomic mass is 35.5. The van der Waals surface area contributed by atoms with Gasteiger partial charge in [0.15, 0.2) is 6.10 Å². The summed E-state index contributed by atoms with van der Waals surface area (Å²) in [6, 6.07) is 21.4. The Labute approximate surface area is 193 Å². The molecule has 0 radical (unpaired) electrons. The zero-order valence-electron chi connectivity index (χ0n) is 18.6. The lowest BCUT2D eigenvalue weighted by Crippen LogP contribution is -2.30. The van der Waals surface area contributed by atoms with Crippen molar-refractivity contribution >= 4 is 34.8 Å². The second kappa shape index (κ2) is 9.88.